The Labute approximate surface area is 127 Å². The molecule has 7 nitrogen and oxygen atoms in total. The molecule has 22 heavy (non-hydrogen) atoms. The number of nitrogens with zero attached hydrogens (tertiary/aromatic N) is 1. The highest BCUT2D eigenvalue weighted by molar-refractivity contribution is 6.02. The monoisotopic (exact) mass is 304 g/mol. The SMILES string of the molecule is COc1ccc(/N=C2\COCC3=C2OCC(C(=O)O)N3)cc1. The average molecular weight is 304 g/mol. The Kier molecular flexibility index (Phi) is 3.97. The summed E-state index contributed by atoms with van der Waals surface area (Å²) in [5.74, 6) is 0.383. The molecule has 0 bridgehead atoms. The summed E-state index contributed by atoms with van der Waals surface area (Å²) in [7, 11) is 1.60. The first kappa shape index (κ1) is 14.4. The molecule has 0 amide bonds. The van der Waals surface area contributed by atoms with Crippen LogP contribution in [0, 0.1) is 0 Å². The van der Waals surface area contributed by atoms with Gasteiger partial charge in [-0.1, -0.05) is 0 Å². The van der Waals surface area contributed by atoms with Crippen molar-refractivity contribution < 1.29 is 24.1 Å². The maximum absolute atomic E-state index is 11.0. The Hall–Kier alpha value is -2.54. The third kappa shape index (κ3) is 2.89. The molecule has 2 N–H and O–H groups in total. The third-order valence-corrected chi connectivity index (χ3v) is 3.40. The van der Waals surface area contributed by atoms with Crippen LogP contribution in [0.15, 0.2) is 40.7 Å². The van der Waals surface area contributed by atoms with Gasteiger partial charge in [-0.3, -0.25) is 0 Å². The molecule has 1 atom stereocenters. The molecule has 0 saturated heterocycles. The van der Waals surface area contributed by atoms with Crippen LogP contribution >= 0.6 is 0 Å². The molecule has 0 aliphatic carbocycles. The lowest BCUT2D eigenvalue weighted by atomic mass is 10.1. The molecule has 0 radical (unpaired) electrons. The van der Waals surface area contributed by atoms with Gasteiger partial charge in [-0.15, -0.1) is 0 Å². The first-order valence-electron chi connectivity index (χ1n) is 6.82. The smallest absolute Gasteiger partial charge is 0.329 e. The van der Waals surface area contributed by atoms with Crippen molar-refractivity contribution in [2.75, 3.05) is 26.9 Å². The van der Waals surface area contributed by atoms with Crippen molar-refractivity contribution in [3.05, 3.63) is 35.7 Å². The molecule has 3 rings (SSSR count). The maximum Gasteiger partial charge on any atom is 0.329 e. The zero-order chi connectivity index (χ0) is 15.5. The highest BCUT2D eigenvalue weighted by atomic mass is 16.5. The van der Waals surface area contributed by atoms with Gasteiger partial charge in [0.15, 0.2) is 11.8 Å². The Morgan fingerprint density at radius 2 is 2.14 bits per heavy atom. The molecule has 0 fully saturated rings. The van der Waals surface area contributed by atoms with Crippen LogP contribution in [0.25, 0.3) is 0 Å². The van der Waals surface area contributed by atoms with E-state index < -0.39 is 12.0 Å². The molecular formula is C15H16N2O5. The highest BCUT2D eigenvalue weighted by Crippen LogP contribution is 2.23. The van der Waals surface area contributed by atoms with Crippen LogP contribution in [0.4, 0.5) is 5.69 Å². The number of methoxy groups -OCH3 is 1. The minimum Gasteiger partial charge on any atom is -0.497 e. The van der Waals surface area contributed by atoms with Crippen LogP contribution in [0.5, 0.6) is 5.75 Å². The molecule has 2 heterocycles. The number of nitrogens with one attached hydrogen (secondary N) is 1. The number of rotatable bonds is 3. The number of carbonyl (C=O) groups is 1. The Morgan fingerprint density at radius 1 is 1.36 bits per heavy atom. The van der Waals surface area contributed by atoms with E-state index in [0.717, 1.165) is 11.4 Å². The molecule has 1 aromatic rings. The molecule has 0 aromatic heterocycles. The molecule has 1 aromatic carbocycles. The fraction of sp³-hybridized carbons (Fsp3) is 0.333. The summed E-state index contributed by atoms with van der Waals surface area (Å²) >= 11 is 0. The van der Waals surface area contributed by atoms with E-state index in [1.807, 2.05) is 24.3 Å². The topological polar surface area (TPSA) is 89.4 Å². The maximum atomic E-state index is 11.0. The van der Waals surface area contributed by atoms with Gasteiger partial charge in [0.2, 0.25) is 0 Å². The van der Waals surface area contributed by atoms with Crippen LogP contribution < -0.4 is 10.1 Å². The van der Waals surface area contributed by atoms with Gasteiger partial charge in [0, 0.05) is 0 Å². The fourth-order valence-corrected chi connectivity index (χ4v) is 2.28. The van der Waals surface area contributed by atoms with Gasteiger partial charge < -0.3 is 24.6 Å². The van der Waals surface area contributed by atoms with Crippen molar-refractivity contribution in [3.8, 4) is 5.75 Å². The summed E-state index contributed by atoms with van der Waals surface area (Å²) in [5, 5.41) is 11.9. The number of carboxylic acids is 1. The number of aliphatic carboxylic acids is 1. The third-order valence-electron chi connectivity index (χ3n) is 3.40. The van der Waals surface area contributed by atoms with Crippen molar-refractivity contribution >= 4 is 17.4 Å². The lowest BCUT2D eigenvalue weighted by Gasteiger charge is -2.30. The van der Waals surface area contributed by atoms with E-state index in [0.29, 0.717) is 30.4 Å². The molecule has 0 saturated carbocycles. The second-order valence-electron chi connectivity index (χ2n) is 4.90. The second kappa shape index (κ2) is 6.07. The minimum absolute atomic E-state index is 0.0653. The average Bonchev–Trinajstić information content (AvgIpc) is 2.55. The molecule has 2 aliphatic rings. The predicted molar refractivity (Wildman–Crippen MR) is 78.4 cm³/mol. The first-order chi connectivity index (χ1) is 10.7. The van der Waals surface area contributed by atoms with Crippen molar-refractivity contribution in [1.29, 1.82) is 0 Å². The fourth-order valence-electron chi connectivity index (χ4n) is 2.28. The van der Waals surface area contributed by atoms with E-state index in [-0.39, 0.29) is 6.61 Å². The number of benzene rings is 1. The Morgan fingerprint density at radius 3 is 2.82 bits per heavy atom. The van der Waals surface area contributed by atoms with Crippen LogP contribution in [0.1, 0.15) is 0 Å². The molecule has 2 aliphatic heterocycles. The second-order valence-corrected chi connectivity index (χ2v) is 4.90. The number of aliphatic imine (C=N–C) groups is 1. The predicted octanol–water partition coefficient (Wildman–Crippen LogP) is 1.08. The summed E-state index contributed by atoms with van der Waals surface area (Å²) in [6, 6.07) is 6.54. The molecule has 116 valence electrons. The zero-order valence-corrected chi connectivity index (χ0v) is 12.0. The van der Waals surface area contributed by atoms with E-state index >= 15 is 0 Å². The first-order valence-corrected chi connectivity index (χ1v) is 6.82. The molecule has 1 unspecified atom stereocenters. The van der Waals surface area contributed by atoms with Gasteiger partial charge in [0.05, 0.1) is 31.7 Å². The lowest BCUT2D eigenvalue weighted by Crippen LogP contribution is -2.47. The minimum atomic E-state index is -0.953. The zero-order valence-electron chi connectivity index (χ0n) is 12.0. The van der Waals surface area contributed by atoms with Gasteiger partial charge in [-0.25, -0.2) is 9.79 Å². The van der Waals surface area contributed by atoms with Gasteiger partial charge in [-0.05, 0) is 24.3 Å². The molecule has 0 spiro atoms. The van der Waals surface area contributed by atoms with E-state index in [4.69, 9.17) is 19.3 Å². The number of carboxylic acid groups (broad SMARTS) is 1. The summed E-state index contributed by atoms with van der Waals surface area (Å²) in [6.45, 7) is 0.681. The normalized spacial score (nSPS) is 22.6. The highest BCUT2D eigenvalue weighted by Gasteiger charge is 2.31. The molecule has 7 heteroatoms. The van der Waals surface area contributed by atoms with Gasteiger partial charge in [-0.2, -0.15) is 0 Å². The number of hydrogen-bond donors (Lipinski definition) is 2. The number of hydrogen-bond acceptors (Lipinski definition) is 6. The van der Waals surface area contributed by atoms with E-state index in [1.54, 1.807) is 7.11 Å². The summed E-state index contributed by atoms with van der Waals surface area (Å²) in [6.07, 6.45) is 0. The van der Waals surface area contributed by atoms with Gasteiger partial charge >= 0.3 is 5.97 Å². The van der Waals surface area contributed by atoms with Gasteiger partial charge in [0.25, 0.3) is 0 Å². The number of ether oxygens (including phenoxy) is 3. The molecular weight excluding hydrogens is 288 g/mol. The summed E-state index contributed by atoms with van der Waals surface area (Å²) in [5.41, 5.74) is 2.01. The summed E-state index contributed by atoms with van der Waals surface area (Å²) < 4.78 is 16.1. The van der Waals surface area contributed by atoms with Crippen molar-refractivity contribution in [3.63, 3.8) is 0 Å². The summed E-state index contributed by atoms with van der Waals surface area (Å²) in [4.78, 5) is 15.5. The Bertz CT molecular complexity index is 636. The van der Waals surface area contributed by atoms with Crippen LogP contribution in [-0.4, -0.2) is 49.8 Å². The quantitative estimate of drug-likeness (QED) is 0.868. The van der Waals surface area contributed by atoms with E-state index in [1.165, 1.54) is 0 Å². The van der Waals surface area contributed by atoms with Crippen molar-refractivity contribution in [1.82, 2.24) is 5.32 Å². The van der Waals surface area contributed by atoms with Crippen LogP contribution in [0.2, 0.25) is 0 Å². The van der Waals surface area contributed by atoms with Crippen LogP contribution in [-0.2, 0) is 14.3 Å². The van der Waals surface area contributed by atoms with Gasteiger partial charge in [0.1, 0.15) is 18.1 Å². The van der Waals surface area contributed by atoms with E-state index in [9.17, 15) is 4.79 Å². The van der Waals surface area contributed by atoms with Crippen molar-refractivity contribution in [2.45, 2.75) is 6.04 Å². The lowest BCUT2D eigenvalue weighted by molar-refractivity contribution is -0.141. The Balaban J connectivity index is 1.85. The van der Waals surface area contributed by atoms with Crippen LogP contribution in [0.3, 0.4) is 0 Å². The standard InChI is InChI=1S/C15H16N2O5/c1-20-10-4-2-9(3-5-10)16-11-6-21-7-12-14(11)22-8-13(17-12)15(18)19/h2-5,13,17H,6-8H2,1H3,(H,18,19)/b16-11+. The van der Waals surface area contributed by atoms with Crippen molar-refractivity contribution in [2.24, 2.45) is 4.99 Å². The largest absolute Gasteiger partial charge is 0.497 e. The van der Waals surface area contributed by atoms with E-state index in [2.05, 4.69) is 10.3 Å².